The van der Waals surface area contributed by atoms with E-state index >= 15 is 0 Å². The summed E-state index contributed by atoms with van der Waals surface area (Å²) in [6, 6.07) is 11.5. The van der Waals surface area contributed by atoms with E-state index < -0.39 is 6.10 Å². The van der Waals surface area contributed by atoms with E-state index in [0.29, 0.717) is 37.2 Å². The van der Waals surface area contributed by atoms with Crippen molar-refractivity contribution >= 4 is 50.2 Å². The normalized spacial score (nSPS) is 14.8. The Labute approximate surface area is 192 Å². The smallest absolute Gasteiger partial charge is 0.348 e. The number of hydrazine groups is 1. The molecule has 1 atom stereocenters. The fourth-order valence-corrected chi connectivity index (χ4v) is 5.07. The SMILES string of the molecule is COC(=O)c1ccc(CCN2C(=O)SC=CN2CC[C@@H](O)Cc2cccc(Br)c2)s1. The molecule has 0 aliphatic carbocycles. The quantitative estimate of drug-likeness (QED) is 0.493. The predicted octanol–water partition coefficient (Wildman–Crippen LogP) is 4.69. The van der Waals surface area contributed by atoms with Crippen LogP contribution in [0.5, 0.6) is 0 Å². The average molecular weight is 511 g/mol. The Bertz CT molecular complexity index is 918. The van der Waals surface area contributed by atoms with E-state index in [2.05, 4.69) is 15.9 Å². The van der Waals surface area contributed by atoms with Crippen LogP contribution in [0.25, 0.3) is 0 Å². The van der Waals surface area contributed by atoms with E-state index in [4.69, 9.17) is 4.74 Å². The van der Waals surface area contributed by atoms with E-state index in [-0.39, 0.29) is 11.2 Å². The summed E-state index contributed by atoms with van der Waals surface area (Å²) in [5.74, 6) is -0.347. The molecule has 0 saturated carbocycles. The highest BCUT2D eigenvalue weighted by Gasteiger charge is 2.23. The van der Waals surface area contributed by atoms with Gasteiger partial charge >= 0.3 is 11.2 Å². The molecule has 9 heteroatoms. The minimum absolute atomic E-state index is 0.0521. The van der Waals surface area contributed by atoms with Crippen molar-refractivity contribution < 1.29 is 19.4 Å². The molecule has 2 heterocycles. The number of nitrogens with zero attached hydrogens (tertiary/aromatic N) is 2. The zero-order valence-electron chi connectivity index (χ0n) is 16.5. The second kappa shape index (κ2) is 11.0. The summed E-state index contributed by atoms with van der Waals surface area (Å²) >= 11 is 5.97. The van der Waals surface area contributed by atoms with Gasteiger partial charge in [-0.25, -0.2) is 9.80 Å². The Morgan fingerprint density at radius 1 is 1.27 bits per heavy atom. The molecule has 1 aliphatic heterocycles. The van der Waals surface area contributed by atoms with Gasteiger partial charge in [-0.15, -0.1) is 11.3 Å². The number of thioether (sulfide) groups is 1. The van der Waals surface area contributed by atoms with Crippen molar-refractivity contribution in [2.45, 2.75) is 25.4 Å². The Hall–Kier alpha value is -1.81. The van der Waals surface area contributed by atoms with E-state index in [1.165, 1.54) is 18.4 Å². The summed E-state index contributed by atoms with van der Waals surface area (Å²) in [7, 11) is 1.36. The summed E-state index contributed by atoms with van der Waals surface area (Å²) in [5.41, 5.74) is 1.06. The van der Waals surface area contributed by atoms with Gasteiger partial charge in [0.05, 0.1) is 13.2 Å². The number of ether oxygens (including phenoxy) is 1. The van der Waals surface area contributed by atoms with Crippen LogP contribution in [0.4, 0.5) is 4.79 Å². The van der Waals surface area contributed by atoms with Crippen LogP contribution in [0.1, 0.15) is 26.5 Å². The zero-order chi connectivity index (χ0) is 21.5. The van der Waals surface area contributed by atoms with E-state index in [1.807, 2.05) is 41.5 Å². The number of esters is 1. The Morgan fingerprint density at radius 2 is 2.10 bits per heavy atom. The van der Waals surface area contributed by atoms with Crippen molar-refractivity contribution in [2.75, 3.05) is 20.2 Å². The highest BCUT2D eigenvalue weighted by Crippen LogP contribution is 2.23. The van der Waals surface area contributed by atoms with Crippen LogP contribution >= 0.6 is 39.0 Å². The van der Waals surface area contributed by atoms with Crippen LogP contribution in [0.3, 0.4) is 0 Å². The lowest BCUT2D eigenvalue weighted by Gasteiger charge is -2.36. The first-order chi connectivity index (χ1) is 14.5. The lowest BCUT2D eigenvalue weighted by molar-refractivity contribution is 0.0548. The number of carbonyl (C=O) groups excluding carboxylic acids is 2. The molecule has 6 nitrogen and oxygen atoms in total. The van der Waals surface area contributed by atoms with Crippen molar-refractivity contribution in [3.8, 4) is 0 Å². The highest BCUT2D eigenvalue weighted by atomic mass is 79.9. The lowest BCUT2D eigenvalue weighted by atomic mass is 10.1. The number of hydrogen-bond acceptors (Lipinski definition) is 7. The number of methoxy groups -OCH3 is 1. The van der Waals surface area contributed by atoms with E-state index in [9.17, 15) is 14.7 Å². The zero-order valence-corrected chi connectivity index (χ0v) is 19.7. The molecule has 30 heavy (non-hydrogen) atoms. The van der Waals surface area contributed by atoms with Crippen molar-refractivity contribution in [3.05, 3.63) is 67.8 Å². The van der Waals surface area contributed by atoms with Crippen LogP contribution in [-0.4, -0.2) is 52.6 Å². The number of hydrogen-bond donors (Lipinski definition) is 1. The van der Waals surface area contributed by atoms with Crippen LogP contribution in [0.15, 0.2) is 52.5 Å². The molecule has 0 unspecified atom stereocenters. The molecule has 160 valence electrons. The maximum Gasteiger partial charge on any atom is 0.348 e. The highest BCUT2D eigenvalue weighted by molar-refractivity contribution is 9.10. The molecule has 1 N–H and O–H groups in total. The van der Waals surface area contributed by atoms with Crippen molar-refractivity contribution in [1.29, 1.82) is 0 Å². The summed E-state index contributed by atoms with van der Waals surface area (Å²) in [6.45, 7) is 1.04. The molecule has 0 saturated heterocycles. The maximum atomic E-state index is 12.4. The first-order valence-corrected chi connectivity index (χ1v) is 12.0. The van der Waals surface area contributed by atoms with Gasteiger partial charge in [-0.2, -0.15) is 0 Å². The van der Waals surface area contributed by atoms with Gasteiger partial charge in [0.2, 0.25) is 0 Å². The molecule has 0 spiro atoms. The molecular formula is C21H23BrN2O4S2. The Morgan fingerprint density at radius 3 is 2.87 bits per heavy atom. The fraction of sp³-hybridized carbons (Fsp3) is 0.333. The van der Waals surface area contributed by atoms with Gasteiger partial charge in [0.25, 0.3) is 0 Å². The van der Waals surface area contributed by atoms with Gasteiger partial charge in [-0.05, 0) is 59.8 Å². The number of aliphatic hydroxyl groups excluding tert-OH is 1. The van der Waals surface area contributed by atoms with Crippen molar-refractivity contribution in [2.24, 2.45) is 0 Å². The van der Waals surface area contributed by atoms with Gasteiger partial charge < -0.3 is 9.84 Å². The Balaban J connectivity index is 1.54. The number of amides is 1. The van der Waals surface area contributed by atoms with Gasteiger partial charge in [0.1, 0.15) is 4.88 Å². The minimum Gasteiger partial charge on any atom is -0.465 e. The summed E-state index contributed by atoms with van der Waals surface area (Å²) in [5, 5.41) is 15.7. The summed E-state index contributed by atoms with van der Waals surface area (Å²) < 4.78 is 5.73. The first-order valence-electron chi connectivity index (χ1n) is 9.47. The number of aliphatic hydroxyl groups is 1. The molecule has 1 aromatic carbocycles. The molecular weight excluding hydrogens is 488 g/mol. The van der Waals surface area contributed by atoms with Crippen LogP contribution in [-0.2, 0) is 17.6 Å². The maximum absolute atomic E-state index is 12.4. The van der Waals surface area contributed by atoms with Gasteiger partial charge in [-0.1, -0.05) is 28.1 Å². The lowest BCUT2D eigenvalue weighted by Crippen LogP contribution is -2.45. The molecule has 1 amide bonds. The number of rotatable bonds is 9. The minimum atomic E-state index is -0.501. The third-order valence-corrected chi connectivity index (χ3v) is 6.88. The average Bonchev–Trinajstić information content (AvgIpc) is 3.20. The first kappa shape index (κ1) is 22.9. The Kier molecular flexibility index (Phi) is 8.38. The largest absolute Gasteiger partial charge is 0.465 e. The van der Waals surface area contributed by atoms with Crippen LogP contribution in [0.2, 0.25) is 0 Å². The molecule has 3 rings (SSSR count). The van der Waals surface area contributed by atoms with Gasteiger partial charge in [0, 0.05) is 35.1 Å². The van der Waals surface area contributed by atoms with E-state index in [0.717, 1.165) is 26.7 Å². The number of halogens is 1. The fourth-order valence-electron chi connectivity index (χ4n) is 3.08. The van der Waals surface area contributed by atoms with Crippen molar-refractivity contribution in [3.63, 3.8) is 0 Å². The summed E-state index contributed by atoms with van der Waals surface area (Å²) in [6.07, 6.45) is 3.10. The third-order valence-electron chi connectivity index (χ3n) is 4.59. The van der Waals surface area contributed by atoms with Crippen LogP contribution in [0, 0.1) is 0 Å². The molecule has 0 radical (unpaired) electrons. The molecule has 2 aromatic rings. The van der Waals surface area contributed by atoms with Gasteiger partial charge in [-0.3, -0.25) is 9.80 Å². The molecule has 0 fully saturated rings. The topological polar surface area (TPSA) is 70.1 Å². The molecule has 1 aromatic heterocycles. The monoisotopic (exact) mass is 510 g/mol. The van der Waals surface area contributed by atoms with Crippen LogP contribution < -0.4 is 0 Å². The predicted molar refractivity (Wildman–Crippen MR) is 123 cm³/mol. The van der Waals surface area contributed by atoms with Gasteiger partial charge in [0.15, 0.2) is 0 Å². The van der Waals surface area contributed by atoms with E-state index in [1.54, 1.807) is 16.5 Å². The summed E-state index contributed by atoms with van der Waals surface area (Å²) in [4.78, 5) is 25.6. The number of thiophene rings is 1. The van der Waals surface area contributed by atoms with Crippen molar-refractivity contribution in [1.82, 2.24) is 10.0 Å². The molecule has 1 aliphatic rings. The number of benzene rings is 1. The third kappa shape index (κ3) is 6.34. The second-order valence-corrected chi connectivity index (χ2v) is 9.68. The molecule has 0 bridgehead atoms. The standard InChI is InChI=1S/C21H23BrN2O4S2/c1-28-20(26)19-6-5-18(30-19)8-10-24-21(27)29-12-11-23(24)9-7-17(25)14-15-3-2-4-16(22)13-15/h2-6,11-13,17,25H,7-10,14H2,1H3/t17-/m1/s1. The second-order valence-electron chi connectivity index (χ2n) is 6.74. The number of carbonyl (C=O) groups is 2.